The zero-order valence-corrected chi connectivity index (χ0v) is 10.2. The van der Waals surface area contributed by atoms with E-state index in [4.69, 9.17) is 16.3 Å². The number of ether oxygens (including phenoxy) is 1. The van der Waals surface area contributed by atoms with Crippen LogP contribution in [0.5, 0.6) is 5.75 Å². The molecule has 7 heteroatoms. The Morgan fingerprint density at radius 3 is 2.72 bits per heavy atom. The molecule has 0 fully saturated rings. The van der Waals surface area contributed by atoms with Crippen LogP contribution in [-0.2, 0) is 12.4 Å². The number of hydrogen-bond acceptors (Lipinski definition) is 2. The SMILES string of the molecule is COc1cc2c(cc1F)nc(CCl)n2CC(F)F. The van der Waals surface area contributed by atoms with Gasteiger partial charge in [-0.1, -0.05) is 0 Å². The van der Waals surface area contributed by atoms with Crippen molar-refractivity contribution in [2.24, 2.45) is 0 Å². The van der Waals surface area contributed by atoms with Gasteiger partial charge in [0.25, 0.3) is 6.43 Å². The molecule has 0 unspecified atom stereocenters. The molecule has 0 spiro atoms. The van der Waals surface area contributed by atoms with E-state index in [2.05, 4.69) is 4.98 Å². The van der Waals surface area contributed by atoms with Crippen LogP contribution in [0, 0.1) is 5.82 Å². The topological polar surface area (TPSA) is 27.1 Å². The number of imidazole rings is 1. The molecule has 0 amide bonds. The summed E-state index contributed by atoms with van der Waals surface area (Å²) >= 11 is 5.65. The molecule has 18 heavy (non-hydrogen) atoms. The average Bonchev–Trinajstić information content (AvgIpc) is 2.64. The number of aromatic nitrogens is 2. The number of methoxy groups -OCH3 is 1. The summed E-state index contributed by atoms with van der Waals surface area (Å²) in [6, 6.07) is 2.49. The largest absolute Gasteiger partial charge is 0.494 e. The summed E-state index contributed by atoms with van der Waals surface area (Å²) in [6.07, 6.45) is -2.54. The lowest BCUT2D eigenvalue weighted by molar-refractivity contribution is 0.127. The van der Waals surface area contributed by atoms with E-state index < -0.39 is 18.8 Å². The molecule has 0 saturated heterocycles. The third kappa shape index (κ3) is 2.25. The van der Waals surface area contributed by atoms with E-state index in [1.807, 2.05) is 0 Å². The van der Waals surface area contributed by atoms with Crippen LogP contribution in [0.2, 0.25) is 0 Å². The Kier molecular flexibility index (Phi) is 3.65. The Balaban J connectivity index is 2.64. The molecule has 3 nitrogen and oxygen atoms in total. The van der Waals surface area contributed by atoms with Crippen molar-refractivity contribution in [3.63, 3.8) is 0 Å². The van der Waals surface area contributed by atoms with Gasteiger partial charge in [0.15, 0.2) is 11.6 Å². The van der Waals surface area contributed by atoms with Gasteiger partial charge in [-0.15, -0.1) is 11.6 Å². The van der Waals surface area contributed by atoms with Gasteiger partial charge in [-0.05, 0) is 0 Å². The first-order chi connectivity index (χ1) is 8.56. The molecule has 2 rings (SSSR count). The van der Waals surface area contributed by atoms with Crippen molar-refractivity contribution < 1.29 is 17.9 Å². The van der Waals surface area contributed by atoms with Crippen LogP contribution in [0.4, 0.5) is 13.2 Å². The minimum Gasteiger partial charge on any atom is -0.494 e. The van der Waals surface area contributed by atoms with Crippen molar-refractivity contribution >= 4 is 22.6 Å². The first-order valence-electron chi connectivity index (χ1n) is 5.13. The van der Waals surface area contributed by atoms with Crippen molar-refractivity contribution in [1.82, 2.24) is 9.55 Å². The van der Waals surface area contributed by atoms with Gasteiger partial charge in [0.1, 0.15) is 5.82 Å². The maximum atomic E-state index is 13.5. The van der Waals surface area contributed by atoms with Gasteiger partial charge in [-0.3, -0.25) is 0 Å². The van der Waals surface area contributed by atoms with Crippen LogP contribution >= 0.6 is 11.6 Å². The smallest absolute Gasteiger partial charge is 0.256 e. The van der Waals surface area contributed by atoms with Gasteiger partial charge >= 0.3 is 0 Å². The summed E-state index contributed by atoms with van der Waals surface area (Å²) in [7, 11) is 1.31. The van der Waals surface area contributed by atoms with E-state index >= 15 is 0 Å². The van der Waals surface area contributed by atoms with Gasteiger partial charge < -0.3 is 9.30 Å². The van der Waals surface area contributed by atoms with Gasteiger partial charge in [-0.2, -0.15) is 0 Å². The van der Waals surface area contributed by atoms with Gasteiger partial charge in [0, 0.05) is 12.1 Å². The second-order valence-corrected chi connectivity index (χ2v) is 3.91. The summed E-state index contributed by atoms with van der Waals surface area (Å²) in [6.45, 7) is -0.534. The van der Waals surface area contributed by atoms with Crippen LogP contribution in [-0.4, -0.2) is 23.1 Å². The van der Waals surface area contributed by atoms with E-state index in [0.29, 0.717) is 5.52 Å². The first kappa shape index (κ1) is 13.0. The zero-order valence-electron chi connectivity index (χ0n) is 9.46. The number of nitrogens with zero attached hydrogens (tertiary/aromatic N) is 2. The van der Waals surface area contributed by atoms with Crippen LogP contribution < -0.4 is 4.74 Å². The number of alkyl halides is 3. The lowest BCUT2D eigenvalue weighted by atomic mass is 10.3. The molecule has 98 valence electrons. The molecule has 0 aliphatic carbocycles. The van der Waals surface area contributed by atoms with Crippen LogP contribution in [0.25, 0.3) is 11.0 Å². The van der Waals surface area contributed by atoms with Gasteiger partial charge in [0.2, 0.25) is 0 Å². The molecule has 0 aliphatic rings. The summed E-state index contributed by atoms with van der Waals surface area (Å²) < 4.78 is 44.6. The molecule has 1 aromatic carbocycles. The van der Waals surface area contributed by atoms with Crippen molar-refractivity contribution in [1.29, 1.82) is 0 Å². The van der Waals surface area contributed by atoms with Crippen molar-refractivity contribution in [2.75, 3.05) is 7.11 Å². The normalized spacial score (nSPS) is 11.4. The fourth-order valence-electron chi connectivity index (χ4n) is 1.78. The molecular weight excluding hydrogens is 269 g/mol. The number of hydrogen-bond donors (Lipinski definition) is 0. The molecule has 0 atom stereocenters. The third-order valence-corrected chi connectivity index (χ3v) is 2.78. The molecule has 0 radical (unpaired) electrons. The standard InChI is InChI=1S/C11H10ClF3N2O/c1-18-9-3-8-7(2-6(9)13)16-11(4-12)17(8)5-10(14)15/h2-3,10H,4-5H2,1H3. The van der Waals surface area contributed by atoms with E-state index in [0.717, 1.165) is 6.07 Å². The molecule has 1 heterocycles. The number of fused-ring (bicyclic) bond motifs is 1. The van der Waals surface area contributed by atoms with E-state index in [1.54, 1.807) is 0 Å². The minimum atomic E-state index is -2.54. The van der Waals surface area contributed by atoms with Gasteiger partial charge in [0.05, 0.1) is 30.6 Å². The first-order valence-corrected chi connectivity index (χ1v) is 5.67. The Hall–Kier alpha value is -1.43. The fraction of sp³-hybridized carbons (Fsp3) is 0.364. The predicted octanol–water partition coefficient (Wildman–Crippen LogP) is 3.19. The minimum absolute atomic E-state index is 0.0148. The average molecular weight is 279 g/mol. The van der Waals surface area contributed by atoms with Crippen molar-refractivity contribution in [2.45, 2.75) is 18.9 Å². The lowest BCUT2D eigenvalue weighted by Crippen LogP contribution is -2.09. The molecule has 0 saturated carbocycles. The van der Waals surface area contributed by atoms with E-state index in [9.17, 15) is 13.2 Å². The second-order valence-electron chi connectivity index (χ2n) is 3.64. The van der Waals surface area contributed by atoms with Crippen molar-refractivity contribution in [3.8, 4) is 5.75 Å². The predicted molar refractivity (Wildman–Crippen MR) is 61.8 cm³/mol. The Morgan fingerprint density at radius 1 is 1.44 bits per heavy atom. The fourth-order valence-corrected chi connectivity index (χ4v) is 1.98. The Labute approximate surface area is 106 Å². The third-order valence-electron chi connectivity index (χ3n) is 2.54. The van der Waals surface area contributed by atoms with E-state index in [-0.39, 0.29) is 23.0 Å². The zero-order chi connectivity index (χ0) is 13.3. The highest BCUT2D eigenvalue weighted by Gasteiger charge is 2.16. The summed E-state index contributed by atoms with van der Waals surface area (Å²) in [5.41, 5.74) is 0.661. The number of halogens is 4. The maximum absolute atomic E-state index is 13.5. The summed E-state index contributed by atoms with van der Waals surface area (Å²) in [5, 5.41) is 0. The molecule has 0 N–H and O–H groups in total. The van der Waals surface area contributed by atoms with Crippen molar-refractivity contribution in [3.05, 3.63) is 23.8 Å². The lowest BCUT2D eigenvalue weighted by Gasteiger charge is -2.07. The Morgan fingerprint density at radius 2 is 2.17 bits per heavy atom. The highest BCUT2D eigenvalue weighted by Crippen LogP contribution is 2.26. The molecule has 1 aromatic heterocycles. The quantitative estimate of drug-likeness (QED) is 0.803. The molecule has 0 aliphatic heterocycles. The number of rotatable bonds is 4. The van der Waals surface area contributed by atoms with E-state index in [1.165, 1.54) is 17.7 Å². The molecule has 2 aromatic rings. The number of benzene rings is 1. The van der Waals surface area contributed by atoms with Crippen LogP contribution in [0.15, 0.2) is 12.1 Å². The molecular formula is C11H10ClF3N2O. The molecule has 0 bridgehead atoms. The summed E-state index contributed by atoms with van der Waals surface area (Å²) in [4.78, 5) is 4.02. The van der Waals surface area contributed by atoms with Crippen LogP contribution in [0.1, 0.15) is 5.82 Å². The Bertz CT molecular complexity index is 571. The monoisotopic (exact) mass is 278 g/mol. The van der Waals surface area contributed by atoms with Crippen LogP contribution in [0.3, 0.4) is 0 Å². The summed E-state index contributed by atoms with van der Waals surface area (Å²) in [5.74, 6) is -0.350. The maximum Gasteiger partial charge on any atom is 0.256 e. The highest BCUT2D eigenvalue weighted by molar-refractivity contribution is 6.16. The highest BCUT2D eigenvalue weighted by atomic mass is 35.5. The van der Waals surface area contributed by atoms with Gasteiger partial charge in [-0.25, -0.2) is 18.2 Å². The second kappa shape index (κ2) is 5.06.